The molecule has 10 heteroatoms. The number of aryl methyl sites for hydroxylation is 1. The molecule has 0 aromatic carbocycles. The lowest BCUT2D eigenvalue weighted by molar-refractivity contribution is 0.0701. The Morgan fingerprint density at radius 3 is 2.57 bits per heavy atom. The second-order valence-corrected chi connectivity index (χ2v) is 7.79. The average molecular weight is 346 g/mol. The molecule has 0 atom stereocenters. The molecule has 0 radical (unpaired) electrons. The van der Waals surface area contributed by atoms with Gasteiger partial charge in [0.2, 0.25) is 0 Å². The van der Waals surface area contributed by atoms with E-state index in [2.05, 4.69) is 4.72 Å². The van der Waals surface area contributed by atoms with E-state index in [4.69, 9.17) is 10.8 Å². The summed E-state index contributed by atoms with van der Waals surface area (Å²) in [6.07, 6.45) is 0. The summed E-state index contributed by atoms with van der Waals surface area (Å²) in [6.45, 7) is 1.51. The zero-order valence-corrected chi connectivity index (χ0v) is 13.1. The third kappa shape index (κ3) is 3.06. The van der Waals surface area contributed by atoms with Crippen LogP contribution in [0.3, 0.4) is 0 Å². The molecule has 2 aromatic heterocycles. The summed E-state index contributed by atoms with van der Waals surface area (Å²) < 4.78 is 26.8. The number of thiophene rings is 2. The van der Waals surface area contributed by atoms with Crippen LogP contribution in [-0.4, -0.2) is 25.4 Å². The zero-order valence-electron chi connectivity index (χ0n) is 10.6. The first-order valence-corrected chi connectivity index (χ1v) is 8.64. The topological polar surface area (TPSA) is 127 Å². The van der Waals surface area contributed by atoms with Gasteiger partial charge in [0.25, 0.3) is 15.9 Å². The van der Waals surface area contributed by atoms with Gasteiger partial charge in [-0.1, -0.05) is 0 Å². The minimum Gasteiger partial charge on any atom is -0.477 e. The van der Waals surface area contributed by atoms with Crippen LogP contribution in [0.2, 0.25) is 0 Å². The number of carboxylic acid groups (broad SMARTS) is 1. The highest BCUT2D eigenvalue weighted by Crippen LogP contribution is 2.30. The van der Waals surface area contributed by atoms with Crippen LogP contribution in [0, 0.1) is 6.92 Å². The molecule has 0 aliphatic rings. The first kappa shape index (κ1) is 15.5. The second kappa shape index (κ2) is 5.47. The molecule has 4 N–H and O–H groups in total. The molecule has 21 heavy (non-hydrogen) atoms. The van der Waals surface area contributed by atoms with Crippen molar-refractivity contribution in [3.8, 4) is 0 Å². The number of carboxylic acids is 1. The van der Waals surface area contributed by atoms with Gasteiger partial charge in [-0.15, -0.1) is 22.7 Å². The highest BCUT2D eigenvalue weighted by molar-refractivity contribution is 7.93. The maximum absolute atomic E-state index is 12.3. The number of primary amides is 1. The summed E-state index contributed by atoms with van der Waals surface area (Å²) in [5.74, 6) is -1.94. The maximum atomic E-state index is 12.3. The molecule has 0 saturated carbocycles. The molecular weight excluding hydrogens is 336 g/mol. The van der Waals surface area contributed by atoms with Gasteiger partial charge in [-0.05, 0) is 24.4 Å². The molecule has 0 aliphatic carbocycles. The fourth-order valence-corrected chi connectivity index (χ4v) is 5.15. The highest BCUT2D eigenvalue weighted by Gasteiger charge is 2.24. The number of aromatic carboxylic acids is 1. The monoisotopic (exact) mass is 346 g/mol. The molecule has 0 aliphatic heterocycles. The standard InChI is InChI=1S/C11H10N2O5S3/c1-5-8(4-7(20-5)11(15)16)21(17,18)13-10-6(9(12)14)2-3-19-10/h2-4,13H,1H3,(H2,12,14)(H,15,16). The summed E-state index contributed by atoms with van der Waals surface area (Å²) in [5, 5.41) is 10.5. The summed E-state index contributed by atoms with van der Waals surface area (Å²) in [5.41, 5.74) is 5.21. The molecule has 2 heterocycles. The van der Waals surface area contributed by atoms with Crippen LogP contribution in [0.4, 0.5) is 5.00 Å². The number of nitrogens with two attached hydrogens (primary N) is 1. The fraction of sp³-hybridized carbons (Fsp3) is 0.0909. The SMILES string of the molecule is Cc1sc(C(=O)O)cc1S(=O)(=O)Nc1sccc1C(N)=O. The van der Waals surface area contributed by atoms with E-state index in [1.165, 1.54) is 18.4 Å². The summed E-state index contributed by atoms with van der Waals surface area (Å²) in [6, 6.07) is 2.50. The Labute approximate surface area is 128 Å². The van der Waals surface area contributed by atoms with E-state index in [1.54, 1.807) is 0 Å². The molecule has 2 aromatic rings. The van der Waals surface area contributed by atoms with E-state index in [-0.39, 0.29) is 20.3 Å². The van der Waals surface area contributed by atoms with Crippen molar-refractivity contribution in [3.05, 3.63) is 32.8 Å². The van der Waals surface area contributed by atoms with E-state index in [1.807, 2.05) is 0 Å². The van der Waals surface area contributed by atoms with E-state index in [9.17, 15) is 18.0 Å². The van der Waals surface area contributed by atoms with Gasteiger partial charge in [0.15, 0.2) is 0 Å². The number of hydrogen-bond donors (Lipinski definition) is 3. The Hall–Kier alpha value is -1.91. The summed E-state index contributed by atoms with van der Waals surface area (Å²) in [7, 11) is -3.98. The Kier molecular flexibility index (Phi) is 4.03. The van der Waals surface area contributed by atoms with E-state index < -0.39 is 21.9 Å². The van der Waals surface area contributed by atoms with Crippen LogP contribution in [0.5, 0.6) is 0 Å². The number of rotatable bonds is 5. The molecule has 7 nitrogen and oxygen atoms in total. The van der Waals surface area contributed by atoms with Gasteiger partial charge in [0, 0.05) is 4.88 Å². The molecule has 0 unspecified atom stereocenters. The van der Waals surface area contributed by atoms with Gasteiger partial charge in [-0.2, -0.15) is 0 Å². The zero-order chi connectivity index (χ0) is 15.8. The first-order valence-electron chi connectivity index (χ1n) is 5.46. The number of carbonyl (C=O) groups is 2. The van der Waals surface area contributed by atoms with Gasteiger partial charge in [-0.25, -0.2) is 13.2 Å². The van der Waals surface area contributed by atoms with Crippen LogP contribution < -0.4 is 10.5 Å². The Morgan fingerprint density at radius 2 is 2.05 bits per heavy atom. The third-order valence-corrected chi connectivity index (χ3v) is 6.13. The van der Waals surface area contributed by atoms with E-state index in [0.717, 1.165) is 28.7 Å². The van der Waals surface area contributed by atoms with Gasteiger partial charge in [0.1, 0.15) is 14.8 Å². The number of anilines is 1. The normalized spacial score (nSPS) is 11.3. The van der Waals surface area contributed by atoms with Gasteiger partial charge in [0.05, 0.1) is 5.56 Å². The van der Waals surface area contributed by atoms with Crippen molar-refractivity contribution in [2.75, 3.05) is 4.72 Å². The molecule has 0 spiro atoms. The second-order valence-electron chi connectivity index (χ2n) is 3.97. The Balaban J connectivity index is 2.41. The smallest absolute Gasteiger partial charge is 0.345 e. The Morgan fingerprint density at radius 1 is 1.38 bits per heavy atom. The van der Waals surface area contributed by atoms with Crippen molar-refractivity contribution < 1.29 is 23.1 Å². The summed E-state index contributed by atoms with van der Waals surface area (Å²) >= 11 is 1.88. The van der Waals surface area contributed by atoms with E-state index in [0.29, 0.717) is 4.88 Å². The highest BCUT2D eigenvalue weighted by atomic mass is 32.2. The van der Waals surface area contributed by atoms with Crippen LogP contribution in [0.25, 0.3) is 0 Å². The lowest BCUT2D eigenvalue weighted by atomic mass is 10.3. The average Bonchev–Trinajstić information content (AvgIpc) is 2.95. The number of hydrogen-bond acceptors (Lipinski definition) is 6. The number of amides is 1. The van der Waals surface area contributed by atoms with Gasteiger partial charge >= 0.3 is 5.97 Å². The van der Waals surface area contributed by atoms with Crippen LogP contribution in [-0.2, 0) is 10.0 Å². The first-order chi connectivity index (χ1) is 9.72. The minimum absolute atomic E-state index is 0.0647. The molecule has 2 rings (SSSR count). The minimum atomic E-state index is -3.98. The molecular formula is C11H10N2O5S3. The van der Waals surface area contributed by atoms with Crippen LogP contribution >= 0.6 is 22.7 Å². The largest absolute Gasteiger partial charge is 0.477 e. The number of nitrogens with one attached hydrogen (secondary N) is 1. The quantitative estimate of drug-likeness (QED) is 0.759. The molecule has 0 saturated heterocycles. The molecule has 112 valence electrons. The summed E-state index contributed by atoms with van der Waals surface area (Å²) in [4.78, 5) is 22.2. The van der Waals surface area contributed by atoms with Crippen LogP contribution in [0.1, 0.15) is 24.9 Å². The predicted octanol–water partition coefficient (Wildman–Crippen LogP) is 1.72. The number of sulfonamides is 1. The third-order valence-electron chi connectivity index (χ3n) is 2.53. The lowest BCUT2D eigenvalue weighted by Crippen LogP contribution is -2.17. The lowest BCUT2D eigenvalue weighted by Gasteiger charge is -2.06. The fourth-order valence-electron chi connectivity index (χ4n) is 1.60. The van der Waals surface area contributed by atoms with Crippen molar-refractivity contribution in [3.63, 3.8) is 0 Å². The van der Waals surface area contributed by atoms with Crippen molar-refractivity contribution in [1.29, 1.82) is 0 Å². The maximum Gasteiger partial charge on any atom is 0.345 e. The van der Waals surface area contributed by atoms with Gasteiger partial charge in [-0.3, -0.25) is 9.52 Å². The molecule has 0 bridgehead atoms. The van der Waals surface area contributed by atoms with Crippen molar-refractivity contribution >= 4 is 49.6 Å². The van der Waals surface area contributed by atoms with Gasteiger partial charge < -0.3 is 10.8 Å². The number of carbonyl (C=O) groups excluding carboxylic acids is 1. The Bertz CT molecular complexity index is 819. The van der Waals surface area contributed by atoms with Crippen LogP contribution in [0.15, 0.2) is 22.4 Å². The molecule has 1 amide bonds. The van der Waals surface area contributed by atoms with Crippen molar-refractivity contribution in [2.45, 2.75) is 11.8 Å². The predicted molar refractivity (Wildman–Crippen MR) is 79.7 cm³/mol. The molecule has 0 fully saturated rings. The van der Waals surface area contributed by atoms with Crippen molar-refractivity contribution in [2.24, 2.45) is 5.73 Å². The van der Waals surface area contributed by atoms with E-state index >= 15 is 0 Å². The van der Waals surface area contributed by atoms with Crippen molar-refractivity contribution in [1.82, 2.24) is 0 Å².